The van der Waals surface area contributed by atoms with Gasteiger partial charge in [-0.25, -0.2) is 0 Å². The van der Waals surface area contributed by atoms with Crippen LogP contribution >= 0.6 is 0 Å². The molecule has 0 saturated heterocycles. The van der Waals surface area contributed by atoms with Crippen molar-refractivity contribution in [1.29, 1.82) is 0 Å². The van der Waals surface area contributed by atoms with Gasteiger partial charge in [0.15, 0.2) is 0 Å². The molecule has 296 valence electrons. The molecule has 0 bridgehead atoms. The van der Waals surface area contributed by atoms with Crippen LogP contribution < -0.4 is 4.90 Å². The van der Waals surface area contributed by atoms with E-state index in [9.17, 15) is 0 Å². The third-order valence-corrected chi connectivity index (χ3v) is 12.4. The summed E-state index contributed by atoms with van der Waals surface area (Å²) in [5, 5.41) is 4.76. The van der Waals surface area contributed by atoms with E-state index in [0.29, 0.717) is 0 Å². The molecule has 0 radical (unpaired) electrons. The highest BCUT2D eigenvalue weighted by Crippen LogP contribution is 2.44. The molecule has 0 saturated carbocycles. The van der Waals surface area contributed by atoms with Gasteiger partial charge in [-0.1, -0.05) is 170 Å². The van der Waals surface area contributed by atoms with Crippen molar-refractivity contribution < 1.29 is 4.42 Å². The van der Waals surface area contributed by atoms with Gasteiger partial charge in [0.25, 0.3) is 0 Å². The molecule has 2 heterocycles. The van der Waals surface area contributed by atoms with Gasteiger partial charge >= 0.3 is 0 Å². The third-order valence-electron chi connectivity index (χ3n) is 12.4. The first-order chi connectivity index (χ1) is 31.2. The van der Waals surface area contributed by atoms with Gasteiger partial charge in [0.2, 0.25) is 0 Å². The first kappa shape index (κ1) is 36.5. The van der Waals surface area contributed by atoms with Crippen molar-refractivity contribution in [2.45, 2.75) is 0 Å². The fourth-order valence-electron chi connectivity index (χ4n) is 9.44. The molecule has 0 aliphatic carbocycles. The second-order valence-electron chi connectivity index (χ2n) is 16.1. The van der Waals surface area contributed by atoms with E-state index < -0.39 is 0 Å². The van der Waals surface area contributed by atoms with Crippen LogP contribution in [0.3, 0.4) is 0 Å². The molecule has 63 heavy (non-hydrogen) atoms. The van der Waals surface area contributed by atoms with Gasteiger partial charge in [0.1, 0.15) is 11.2 Å². The summed E-state index contributed by atoms with van der Waals surface area (Å²) >= 11 is 0. The van der Waals surface area contributed by atoms with E-state index in [2.05, 4.69) is 246 Å². The number of rotatable bonds is 8. The quantitative estimate of drug-likeness (QED) is 0.153. The van der Waals surface area contributed by atoms with Gasteiger partial charge in [0.05, 0.1) is 11.0 Å². The molecule has 3 nitrogen and oxygen atoms in total. The largest absolute Gasteiger partial charge is 0.455 e. The highest BCUT2D eigenvalue weighted by atomic mass is 16.3. The Morgan fingerprint density at radius 3 is 1.52 bits per heavy atom. The van der Waals surface area contributed by atoms with E-state index in [0.717, 1.165) is 78.1 Å². The SMILES string of the molecule is c1ccc(-c2ccc(N(c3ccc(-c4cccc(-n5c6ccccc6c6ccccc65)c4)cc3)c3cccc(-c4ccc5c(oc6ccccc65)c4-c4ccccc4)c3)cc2)cc1. The van der Waals surface area contributed by atoms with Crippen molar-refractivity contribution in [3.05, 3.63) is 243 Å². The highest BCUT2D eigenvalue weighted by molar-refractivity contribution is 6.13. The van der Waals surface area contributed by atoms with E-state index in [1.165, 1.54) is 32.9 Å². The fraction of sp³-hybridized carbons (Fsp3) is 0. The lowest BCUT2D eigenvalue weighted by molar-refractivity contribution is 0.670. The number of aromatic nitrogens is 1. The maximum absolute atomic E-state index is 6.67. The molecule has 12 aromatic rings. The van der Waals surface area contributed by atoms with Crippen molar-refractivity contribution in [2.24, 2.45) is 0 Å². The van der Waals surface area contributed by atoms with Crippen LogP contribution in [0.5, 0.6) is 0 Å². The smallest absolute Gasteiger partial charge is 0.143 e. The lowest BCUT2D eigenvalue weighted by Gasteiger charge is -2.27. The Bertz CT molecular complexity index is 3550. The van der Waals surface area contributed by atoms with Crippen LogP contribution in [0.15, 0.2) is 247 Å². The summed E-state index contributed by atoms with van der Waals surface area (Å²) in [7, 11) is 0. The molecule has 0 aliphatic rings. The van der Waals surface area contributed by atoms with Gasteiger partial charge < -0.3 is 13.9 Å². The van der Waals surface area contributed by atoms with Gasteiger partial charge in [-0.15, -0.1) is 0 Å². The molecule has 3 heteroatoms. The minimum absolute atomic E-state index is 0.891. The van der Waals surface area contributed by atoms with Crippen LogP contribution in [0.2, 0.25) is 0 Å². The van der Waals surface area contributed by atoms with Crippen LogP contribution in [0.4, 0.5) is 17.1 Å². The molecule has 0 N–H and O–H groups in total. The predicted molar refractivity (Wildman–Crippen MR) is 264 cm³/mol. The van der Waals surface area contributed by atoms with Gasteiger partial charge in [-0.3, -0.25) is 0 Å². The summed E-state index contributed by atoms with van der Waals surface area (Å²) in [5.41, 5.74) is 17.7. The first-order valence-corrected chi connectivity index (χ1v) is 21.5. The lowest BCUT2D eigenvalue weighted by Crippen LogP contribution is -2.10. The second-order valence-corrected chi connectivity index (χ2v) is 16.1. The normalized spacial score (nSPS) is 11.5. The fourth-order valence-corrected chi connectivity index (χ4v) is 9.44. The Balaban J connectivity index is 0.972. The Kier molecular flexibility index (Phi) is 8.83. The topological polar surface area (TPSA) is 21.3 Å². The van der Waals surface area contributed by atoms with Crippen molar-refractivity contribution in [2.75, 3.05) is 4.90 Å². The zero-order valence-electron chi connectivity index (χ0n) is 34.4. The molecule has 0 unspecified atom stereocenters. The number of hydrogen-bond acceptors (Lipinski definition) is 2. The molecule has 0 fully saturated rings. The summed E-state index contributed by atoms with van der Waals surface area (Å²) in [4.78, 5) is 2.36. The van der Waals surface area contributed by atoms with E-state index in [1.807, 2.05) is 6.07 Å². The van der Waals surface area contributed by atoms with Gasteiger partial charge in [-0.2, -0.15) is 0 Å². The number of para-hydroxylation sites is 3. The van der Waals surface area contributed by atoms with Crippen molar-refractivity contribution >= 4 is 60.8 Å². The third kappa shape index (κ3) is 6.38. The van der Waals surface area contributed by atoms with Gasteiger partial charge in [-0.05, 0) is 112 Å². The standard InChI is InChI=1S/C60H40N2O/c1-3-15-41(16-4-1)42-29-33-47(34-30-42)61(48-35-31-43(32-36-48)45-19-13-22-50(39-45)62-56-26-10-7-23-52(56)53-24-8-11-27-57(53)62)49-21-14-20-46(40-49)51-37-38-55-54-25-9-12-28-58(54)63-60(55)59(51)44-17-5-2-6-18-44/h1-40H. The van der Waals surface area contributed by atoms with Crippen LogP contribution in [-0.4, -0.2) is 4.57 Å². The summed E-state index contributed by atoms with van der Waals surface area (Å²) < 4.78 is 9.05. The minimum atomic E-state index is 0.891. The molecule has 2 aromatic heterocycles. The summed E-state index contributed by atoms with van der Waals surface area (Å²) in [6.07, 6.45) is 0. The van der Waals surface area contributed by atoms with Crippen LogP contribution in [0.1, 0.15) is 0 Å². The predicted octanol–water partition coefficient (Wildman–Crippen LogP) is 16.8. The summed E-state index contributed by atoms with van der Waals surface area (Å²) in [6.45, 7) is 0. The maximum atomic E-state index is 6.67. The Morgan fingerprint density at radius 1 is 0.317 bits per heavy atom. The monoisotopic (exact) mass is 804 g/mol. The molecule has 12 rings (SSSR count). The Hall–Kier alpha value is -8.40. The Morgan fingerprint density at radius 2 is 0.841 bits per heavy atom. The van der Waals surface area contributed by atoms with E-state index in [1.54, 1.807) is 0 Å². The molecule has 10 aromatic carbocycles. The lowest BCUT2D eigenvalue weighted by atomic mass is 9.92. The van der Waals surface area contributed by atoms with Crippen molar-refractivity contribution in [3.8, 4) is 50.2 Å². The highest BCUT2D eigenvalue weighted by Gasteiger charge is 2.20. The minimum Gasteiger partial charge on any atom is -0.455 e. The van der Waals surface area contributed by atoms with Crippen molar-refractivity contribution in [1.82, 2.24) is 4.57 Å². The molecular formula is C60H40N2O. The molecule has 0 amide bonds. The molecular weight excluding hydrogens is 765 g/mol. The summed E-state index contributed by atoms with van der Waals surface area (Å²) in [6, 6.07) is 87.0. The first-order valence-electron chi connectivity index (χ1n) is 21.5. The average molecular weight is 805 g/mol. The number of hydrogen-bond donors (Lipinski definition) is 0. The number of benzene rings is 10. The number of anilines is 3. The number of nitrogens with zero attached hydrogens (tertiary/aromatic N) is 2. The zero-order valence-corrected chi connectivity index (χ0v) is 34.4. The number of fused-ring (bicyclic) bond motifs is 6. The molecule has 0 spiro atoms. The average Bonchev–Trinajstić information content (AvgIpc) is 3.91. The van der Waals surface area contributed by atoms with Crippen molar-refractivity contribution in [3.63, 3.8) is 0 Å². The Labute approximate surface area is 366 Å². The van der Waals surface area contributed by atoms with Crippen LogP contribution in [-0.2, 0) is 0 Å². The zero-order chi connectivity index (χ0) is 41.7. The number of furan rings is 1. The van der Waals surface area contributed by atoms with Gasteiger partial charge in [0, 0.05) is 49.9 Å². The van der Waals surface area contributed by atoms with Crippen LogP contribution in [0.25, 0.3) is 93.9 Å². The van der Waals surface area contributed by atoms with Crippen LogP contribution in [0, 0.1) is 0 Å². The van der Waals surface area contributed by atoms with E-state index in [-0.39, 0.29) is 0 Å². The maximum Gasteiger partial charge on any atom is 0.143 e. The molecule has 0 aliphatic heterocycles. The van der Waals surface area contributed by atoms with E-state index >= 15 is 0 Å². The van der Waals surface area contributed by atoms with E-state index in [4.69, 9.17) is 4.42 Å². The second kappa shape index (κ2) is 15.3. The summed E-state index contributed by atoms with van der Waals surface area (Å²) in [5.74, 6) is 0. The molecule has 0 atom stereocenters.